The van der Waals surface area contributed by atoms with Crippen LogP contribution in [0.5, 0.6) is 0 Å². The predicted octanol–water partition coefficient (Wildman–Crippen LogP) is 1.70. The Labute approximate surface area is 179 Å². The maximum Gasteiger partial charge on any atom is 0.407 e. The Balaban J connectivity index is 1.76. The van der Waals surface area contributed by atoms with Gasteiger partial charge in [-0.3, -0.25) is 4.79 Å². The third-order valence-corrected chi connectivity index (χ3v) is 4.29. The van der Waals surface area contributed by atoms with E-state index >= 15 is 0 Å². The summed E-state index contributed by atoms with van der Waals surface area (Å²) in [6, 6.07) is 13.6. The topological polar surface area (TPSA) is 114 Å². The normalized spacial score (nSPS) is 12.4. The molecule has 0 aliphatic rings. The van der Waals surface area contributed by atoms with Crippen molar-refractivity contribution in [3.05, 3.63) is 71.5 Å². The number of amides is 2. The summed E-state index contributed by atoms with van der Waals surface area (Å²) in [6.07, 6.45) is -2.17. The molecule has 0 saturated carbocycles. The molecule has 2 amide bonds. The molecule has 8 nitrogen and oxygen atoms in total. The van der Waals surface area contributed by atoms with Crippen molar-refractivity contribution in [1.82, 2.24) is 10.6 Å². The Morgan fingerprint density at radius 1 is 1.03 bits per heavy atom. The van der Waals surface area contributed by atoms with E-state index in [0.717, 1.165) is 5.56 Å². The van der Waals surface area contributed by atoms with E-state index in [9.17, 15) is 23.9 Å². The average Bonchev–Trinajstić information content (AvgIpc) is 2.77. The molecular weight excluding hydrogens is 407 g/mol. The standard InChI is InChI=1S/C22H25FN2O6/c1-30-21(28)19(11-15-7-9-17(23)10-8-15)25-20(27)12-18(26)13-24-22(29)31-14-16-5-3-2-4-6-16/h2-10,18-19,26H,11-14H2,1H3,(H,24,29)(H,25,27)/t18-,19-/m0/s1. The molecule has 0 unspecified atom stereocenters. The van der Waals surface area contributed by atoms with Gasteiger partial charge in [-0.05, 0) is 23.3 Å². The minimum absolute atomic E-state index is 0.0768. The summed E-state index contributed by atoms with van der Waals surface area (Å²) in [5, 5.41) is 14.9. The number of halogens is 1. The Kier molecular flexibility index (Phi) is 9.44. The van der Waals surface area contributed by atoms with Crippen molar-refractivity contribution in [1.29, 1.82) is 0 Å². The fourth-order valence-electron chi connectivity index (χ4n) is 2.71. The lowest BCUT2D eigenvalue weighted by Crippen LogP contribution is -2.45. The van der Waals surface area contributed by atoms with Crippen LogP contribution in [0, 0.1) is 5.82 Å². The van der Waals surface area contributed by atoms with Gasteiger partial charge in [0.15, 0.2) is 0 Å². The van der Waals surface area contributed by atoms with Gasteiger partial charge in [-0.15, -0.1) is 0 Å². The zero-order chi connectivity index (χ0) is 22.6. The molecule has 0 spiro atoms. The van der Waals surface area contributed by atoms with E-state index in [-0.39, 0.29) is 26.0 Å². The van der Waals surface area contributed by atoms with Gasteiger partial charge in [-0.1, -0.05) is 42.5 Å². The van der Waals surface area contributed by atoms with Crippen LogP contribution in [0.2, 0.25) is 0 Å². The second-order valence-corrected chi connectivity index (χ2v) is 6.77. The number of carbonyl (C=O) groups excluding carboxylic acids is 3. The monoisotopic (exact) mass is 432 g/mol. The molecule has 0 radical (unpaired) electrons. The van der Waals surface area contributed by atoms with Crippen molar-refractivity contribution < 1.29 is 33.4 Å². The zero-order valence-electron chi connectivity index (χ0n) is 17.0. The summed E-state index contributed by atoms with van der Waals surface area (Å²) in [5.74, 6) is -1.69. The summed E-state index contributed by atoms with van der Waals surface area (Å²) in [5.41, 5.74) is 1.44. The first-order valence-electron chi connectivity index (χ1n) is 9.61. The Morgan fingerprint density at radius 3 is 2.35 bits per heavy atom. The van der Waals surface area contributed by atoms with Crippen molar-refractivity contribution in [2.24, 2.45) is 0 Å². The van der Waals surface area contributed by atoms with Crippen LogP contribution >= 0.6 is 0 Å². The van der Waals surface area contributed by atoms with Crippen LogP contribution in [-0.2, 0) is 32.1 Å². The molecular formula is C22H25FN2O6. The second kappa shape index (κ2) is 12.3. The summed E-state index contributed by atoms with van der Waals surface area (Å²) >= 11 is 0. The van der Waals surface area contributed by atoms with Crippen LogP contribution in [0.15, 0.2) is 54.6 Å². The van der Waals surface area contributed by atoms with Crippen molar-refractivity contribution >= 4 is 18.0 Å². The number of rotatable bonds is 10. The second-order valence-electron chi connectivity index (χ2n) is 6.77. The highest BCUT2D eigenvalue weighted by Gasteiger charge is 2.23. The Hall–Kier alpha value is -3.46. The maximum absolute atomic E-state index is 13.0. The number of aliphatic hydroxyl groups excluding tert-OH is 1. The van der Waals surface area contributed by atoms with E-state index in [1.54, 1.807) is 12.1 Å². The third kappa shape index (κ3) is 8.83. The molecule has 2 aromatic rings. The van der Waals surface area contributed by atoms with Gasteiger partial charge in [0.2, 0.25) is 5.91 Å². The Bertz CT molecular complexity index is 860. The largest absolute Gasteiger partial charge is 0.467 e. The highest BCUT2D eigenvalue weighted by Crippen LogP contribution is 2.08. The van der Waals surface area contributed by atoms with Gasteiger partial charge >= 0.3 is 12.1 Å². The number of esters is 1. The summed E-state index contributed by atoms with van der Waals surface area (Å²) < 4.78 is 22.8. The lowest BCUT2D eigenvalue weighted by Gasteiger charge is -2.18. The first-order chi connectivity index (χ1) is 14.9. The third-order valence-electron chi connectivity index (χ3n) is 4.29. The molecule has 0 bridgehead atoms. The zero-order valence-corrected chi connectivity index (χ0v) is 17.0. The van der Waals surface area contributed by atoms with Gasteiger partial charge in [-0.2, -0.15) is 0 Å². The van der Waals surface area contributed by atoms with Crippen molar-refractivity contribution in [3.63, 3.8) is 0 Å². The van der Waals surface area contributed by atoms with E-state index in [0.29, 0.717) is 5.56 Å². The van der Waals surface area contributed by atoms with Crippen LogP contribution in [0.1, 0.15) is 17.5 Å². The van der Waals surface area contributed by atoms with Crippen LogP contribution in [0.25, 0.3) is 0 Å². The number of hydrogen-bond donors (Lipinski definition) is 3. The fourth-order valence-corrected chi connectivity index (χ4v) is 2.71. The minimum Gasteiger partial charge on any atom is -0.467 e. The van der Waals surface area contributed by atoms with Crippen LogP contribution in [0.4, 0.5) is 9.18 Å². The van der Waals surface area contributed by atoms with Gasteiger partial charge < -0.3 is 25.2 Å². The SMILES string of the molecule is COC(=O)[C@H](Cc1ccc(F)cc1)NC(=O)C[C@H](O)CNC(=O)OCc1ccccc1. The minimum atomic E-state index is -1.19. The molecule has 0 aliphatic carbocycles. The smallest absolute Gasteiger partial charge is 0.407 e. The molecule has 0 fully saturated rings. The van der Waals surface area contributed by atoms with Gasteiger partial charge in [0, 0.05) is 13.0 Å². The van der Waals surface area contributed by atoms with E-state index in [2.05, 4.69) is 10.6 Å². The number of benzene rings is 2. The molecule has 0 aliphatic heterocycles. The molecule has 9 heteroatoms. The van der Waals surface area contributed by atoms with Crippen molar-refractivity contribution in [3.8, 4) is 0 Å². The quantitative estimate of drug-likeness (QED) is 0.493. The molecule has 3 N–H and O–H groups in total. The fraction of sp³-hybridized carbons (Fsp3) is 0.318. The number of nitrogens with one attached hydrogen (secondary N) is 2. The van der Waals surface area contributed by atoms with Crippen molar-refractivity contribution in [2.45, 2.75) is 31.6 Å². The molecule has 31 heavy (non-hydrogen) atoms. The summed E-state index contributed by atoms with van der Waals surface area (Å²) in [4.78, 5) is 35.9. The lowest BCUT2D eigenvalue weighted by molar-refractivity contribution is -0.145. The highest BCUT2D eigenvalue weighted by atomic mass is 19.1. The number of ether oxygens (including phenoxy) is 2. The van der Waals surface area contributed by atoms with Crippen LogP contribution in [-0.4, -0.2) is 48.9 Å². The van der Waals surface area contributed by atoms with Gasteiger partial charge in [-0.25, -0.2) is 14.0 Å². The van der Waals surface area contributed by atoms with Gasteiger partial charge in [0.1, 0.15) is 18.5 Å². The molecule has 2 atom stereocenters. The van der Waals surface area contributed by atoms with E-state index in [1.807, 2.05) is 18.2 Å². The highest BCUT2D eigenvalue weighted by molar-refractivity contribution is 5.84. The van der Waals surface area contributed by atoms with E-state index in [4.69, 9.17) is 9.47 Å². The first kappa shape index (κ1) is 23.8. The average molecular weight is 432 g/mol. The van der Waals surface area contributed by atoms with Crippen molar-refractivity contribution in [2.75, 3.05) is 13.7 Å². The lowest BCUT2D eigenvalue weighted by atomic mass is 10.1. The van der Waals surface area contributed by atoms with Crippen LogP contribution < -0.4 is 10.6 Å². The van der Waals surface area contributed by atoms with Gasteiger partial charge in [0.25, 0.3) is 0 Å². The van der Waals surface area contributed by atoms with Gasteiger partial charge in [0.05, 0.1) is 19.6 Å². The predicted molar refractivity (Wildman–Crippen MR) is 109 cm³/mol. The molecule has 166 valence electrons. The first-order valence-corrected chi connectivity index (χ1v) is 9.61. The van der Waals surface area contributed by atoms with E-state index < -0.39 is 35.9 Å². The molecule has 0 saturated heterocycles. The maximum atomic E-state index is 13.0. The molecule has 0 aromatic heterocycles. The number of alkyl carbamates (subject to hydrolysis) is 1. The molecule has 2 aromatic carbocycles. The number of carbonyl (C=O) groups is 3. The number of methoxy groups -OCH3 is 1. The summed E-state index contributed by atoms with van der Waals surface area (Å²) in [7, 11) is 1.19. The molecule has 0 heterocycles. The summed E-state index contributed by atoms with van der Waals surface area (Å²) in [6.45, 7) is -0.130. The number of hydrogen-bond acceptors (Lipinski definition) is 6. The number of aliphatic hydroxyl groups is 1. The Morgan fingerprint density at radius 2 is 1.71 bits per heavy atom. The van der Waals surface area contributed by atoms with E-state index in [1.165, 1.54) is 31.4 Å². The molecule has 2 rings (SSSR count). The van der Waals surface area contributed by atoms with Crippen LogP contribution in [0.3, 0.4) is 0 Å².